The summed E-state index contributed by atoms with van der Waals surface area (Å²) in [5.41, 5.74) is 0.832. The summed E-state index contributed by atoms with van der Waals surface area (Å²) in [6, 6.07) is 11.1. The van der Waals surface area contributed by atoms with Crippen LogP contribution < -0.4 is 16.0 Å². The molecule has 0 saturated heterocycles. The van der Waals surface area contributed by atoms with Crippen LogP contribution >= 0.6 is 23.2 Å². The van der Waals surface area contributed by atoms with Gasteiger partial charge in [0, 0.05) is 41.1 Å². The number of carbonyl (C=O) groups excluding carboxylic acids is 1. The van der Waals surface area contributed by atoms with E-state index in [0.717, 1.165) is 43.5 Å². The molecule has 5 rings (SSSR count). The molecule has 2 heterocycles. The van der Waals surface area contributed by atoms with Crippen LogP contribution in [0.2, 0.25) is 10.0 Å². The van der Waals surface area contributed by atoms with Crippen LogP contribution in [0.15, 0.2) is 48.8 Å². The third-order valence-corrected chi connectivity index (χ3v) is 7.48. The summed E-state index contributed by atoms with van der Waals surface area (Å²) < 4.78 is 1.95. The highest BCUT2D eigenvalue weighted by molar-refractivity contribution is 6.35. The predicted octanol–water partition coefficient (Wildman–Crippen LogP) is 6.22. The Morgan fingerprint density at radius 1 is 1.03 bits per heavy atom. The van der Waals surface area contributed by atoms with E-state index in [1.807, 2.05) is 41.2 Å². The lowest BCUT2D eigenvalue weighted by molar-refractivity contribution is -0.122. The zero-order chi connectivity index (χ0) is 24.9. The Labute approximate surface area is 222 Å². The number of carbonyl (C=O) groups is 1. The van der Waals surface area contributed by atoms with Gasteiger partial charge >= 0.3 is 0 Å². The van der Waals surface area contributed by atoms with Crippen molar-refractivity contribution in [1.29, 1.82) is 0 Å². The summed E-state index contributed by atoms with van der Waals surface area (Å²) in [5, 5.41) is 11.0. The second-order valence-corrected chi connectivity index (χ2v) is 10.7. The minimum absolute atomic E-state index is 0.0654. The Morgan fingerprint density at radius 3 is 2.53 bits per heavy atom. The van der Waals surface area contributed by atoms with Crippen molar-refractivity contribution in [2.24, 2.45) is 5.92 Å². The maximum atomic E-state index is 13.5. The number of rotatable bonds is 10. The summed E-state index contributed by atoms with van der Waals surface area (Å²) in [6.07, 6.45) is 12.9. The fourth-order valence-electron chi connectivity index (χ4n) is 4.74. The molecule has 2 saturated carbocycles. The number of hydrogen-bond donors (Lipinski definition) is 3. The zero-order valence-electron chi connectivity index (χ0n) is 20.2. The number of nitrogens with one attached hydrogen (secondary N) is 3. The van der Waals surface area contributed by atoms with E-state index in [1.54, 1.807) is 12.1 Å². The van der Waals surface area contributed by atoms with Gasteiger partial charge in [-0.3, -0.25) is 4.79 Å². The summed E-state index contributed by atoms with van der Waals surface area (Å²) in [4.78, 5) is 22.9. The molecule has 0 spiro atoms. The molecule has 3 N–H and O–H groups in total. The minimum atomic E-state index is -0.416. The van der Waals surface area contributed by atoms with E-state index in [-0.39, 0.29) is 5.91 Å². The first-order valence-corrected chi connectivity index (χ1v) is 13.6. The lowest BCUT2D eigenvalue weighted by Gasteiger charge is -2.27. The Balaban J connectivity index is 1.35. The quantitative estimate of drug-likeness (QED) is 0.292. The summed E-state index contributed by atoms with van der Waals surface area (Å²) in [6.45, 7) is 0.338. The first-order valence-electron chi connectivity index (χ1n) is 12.8. The maximum absolute atomic E-state index is 13.5. The molecule has 190 valence electrons. The highest BCUT2D eigenvalue weighted by atomic mass is 35.5. The van der Waals surface area contributed by atoms with Crippen molar-refractivity contribution in [3.05, 3.63) is 64.4 Å². The maximum Gasteiger partial charge on any atom is 0.242 e. The minimum Gasteiger partial charge on any atom is -0.358 e. The van der Waals surface area contributed by atoms with E-state index in [9.17, 15) is 4.79 Å². The molecule has 2 aromatic heterocycles. The molecule has 0 radical (unpaired) electrons. The fourth-order valence-corrected chi connectivity index (χ4v) is 5.21. The molecule has 36 heavy (non-hydrogen) atoms. The van der Waals surface area contributed by atoms with Crippen LogP contribution in [0.25, 0.3) is 5.82 Å². The largest absolute Gasteiger partial charge is 0.358 e. The standard InChI is InChI=1S/C27H32Cl2N6O/c28-20-9-8-19(22(29)15-20)17-30-26(36)23(14-18-6-2-1-3-7-18)32-24-16-25(35-12-4-5-13-35)34-27(33-24)31-21-10-11-21/h4-5,8-9,12-13,15-16,18,21,23H,1-3,6-7,10-11,14,17H2,(H,30,36)(H2,31,32,33,34). The van der Waals surface area contributed by atoms with E-state index in [4.69, 9.17) is 33.2 Å². The fraction of sp³-hybridized carbons (Fsp3) is 0.444. The summed E-state index contributed by atoms with van der Waals surface area (Å²) in [5.74, 6) is 2.42. The first kappa shape index (κ1) is 24.9. The van der Waals surface area contributed by atoms with Gasteiger partial charge in [-0.05, 0) is 55.0 Å². The van der Waals surface area contributed by atoms with Crippen LogP contribution in [0.1, 0.15) is 56.9 Å². The number of hydrogen-bond acceptors (Lipinski definition) is 5. The van der Waals surface area contributed by atoms with Crippen LogP contribution in [0, 0.1) is 5.92 Å². The van der Waals surface area contributed by atoms with E-state index in [0.29, 0.717) is 40.3 Å². The van der Waals surface area contributed by atoms with Crippen LogP contribution in [0.5, 0.6) is 0 Å². The van der Waals surface area contributed by atoms with Crippen molar-refractivity contribution in [3.8, 4) is 5.82 Å². The van der Waals surface area contributed by atoms with Crippen LogP contribution in [-0.2, 0) is 11.3 Å². The number of anilines is 2. The van der Waals surface area contributed by atoms with E-state index in [1.165, 1.54) is 19.3 Å². The van der Waals surface area contributed by atoms with Crippen molar-refractivity contribution in [1.82, 2.24) is 19.9 Å². The third kappa shape index (κ3) is 6.71. The van der Waals surface area contributed by atoms with Gasteiger partial charge in [0.2, 0.25) is 11.9 Å². The van der Waals surface area contributed by atoms with E-state index >= 15 is 0 Å². The lowest BCUT2D eigenvalue weighted by Crippen LogP contribution is -2.41. The van der Waals surface area contributed by atoms with Crippen LogP contribution in [0.3, 0.4) is 0 Å². The number of amides is 1. The van der Waals surface area contributed by atoms with E-state index in [2.05, 4.69) is 16.0 Å². The Hall–Kier alpha value is -2.77. The van der Waals surface area contributed by atoms with Crippen molar-refractivity contribution in [2.75, 3.05) is 10.6 Å². The predicted molar refractivity (Wildman–Crippen MR) is 145 cm³/mol. The Kier molecular flexibility index (Phi) is 7.97. The van der Waals surface area contributed by atoms with Gasteiger partial charge in [-0.25, -0.2) is 0 Å². The third-order valence-electron chi connectivity index (χ3n) is 6.89. The van der Waals surface area contributed by atoms with Gasteiger partial charge in [0.15, 0.2) is 0 Å². The summed E-state index contributed by atoms with van der Waals surface area (Å²) in [7, 11) is 0. The van der Waals surface area contributed by atoms with Crippen molar-refractivity contribution >= 4 is 40.9 Å². The molecule has 2 aliphatic rings. The molecular formula is C27H32Cl2N6O. The molecule has 1 atom stereocenters. The first-order chi connectivity index (χ1) is 17.5. The molecule has 7 nitrogen and oxygen atoms in total. The molecule has 2 aliphatic carbocycles. The van der Waals surface area contributed by atoms with Gasteiger partial charge in [0.1, 0.15) is 17.7 Å². The molecule has 1 amide bonds. The van der Waals surface area contributed by atoms with E-state index < -0.39 is 6.04 Å². The monoisotopic (exact) mass is 526 g/mol. The highest BCUT2D eigenvalue weighted by Gasteiger charge is 2.26. The molecule has 0 aliphatic heterocycles. The van der Waals surface area contributed by atoms with Crippen LogP contribution in [-0.4, -0.2) is 32.5 Å². The molecule has 0 bridgehead atoms. The smallest absolute Gasteiger partial charge is 0.242 e. The Bertz CT molecular complexity index is 1180. The second kappa shape index (κ2) is 11.5. The summed E-state index contributed by atoms with van der Waals surface area (Å²) >= 11 is 12.4. The molecule has 3 aromatic rings. The van der Waals surface area contributed by atoms with Crippen molar-refractivity contribution in [2.45, 2.75) is 70.0 Å². The van der Waals surface area contributed by atoms with Gasteiger partial charge < -0.3 is 20.5 Å². The average molecular weight is 528 g/mol. The van der Waals surface area contributed by atoms with Crippen LogP contribution in [0.4, 0.5) is 11.8 Å². The molecule has 1 aromatic carbocycles. The molecule has 1 unspecified atom stereocenters. The average Bonchev–Trinajstić information content (AvgIpc) is 3.50. The zero-order valence-corrected chi connectivity index (χ0v) is 21.7. The van der Waals surface area contributed by atoms with Gasteiger partial charge in [-0.15, -0.1) is 0 Å². The number of nitrogens with zero attached hydrogens (tertiary/aromatic N) is 3. The number of aromatic nitrogens is 3. The highest BCUT2D eigenvalue weighted by Crippen LogP contribution is 2.29. The van der Waals surface area contributed by atoms with Gasteiger partial charge in [0.25, 0.3) is 0 Å². The molecular weight excluding hydrogens is 495 g/mol. The Morgan fingerprint density at radius 2 is 1.81 bits per heavy atom. The van der Waals surface area contributed by atoms with Crippen molar-refractivity contribution < 1.29 is 4.79 Å². The normalized spacial score (nSPS) is 16.9. The second-order valence-electron chi connectivity index (χ2n) is 9.83. The van der Waals surface area contributed by atoms with Gasteiger partial charge in [-0.1, -0.05) is 61.4 Å². The van der Waals surface area contributed by atoms with Gasteiger partial charge in [-0.2, -0.15) is 9.97 Å². The lowest BCUT2D eigenvalue weighted by atomic mass is 9.84. The number of halogens is 2. The SMILES string of the molecule is O=C(NCc1ccc(Cl)cc1Cl)C(CC1CCCCC1)Nc1cc(-n2cccc2)nc(NC2CC2)n1. The van der Waals surface area contributed by atoms with Crippen molar-refractivity contribution in [3.63, 3.8) is 0 Å². The number of benzene rings is 1. The topological polar surface area (TPSA) is 83.9 Å². The van der Waals surface area contributed by atoms with Gasteiger partial charge in [0.05, 0.1) is 0 Å². The molecule has 2 fully saturated rings. The molecule has 9 heteroatoms.